The minimum absolute atomic E-state index is 0.163. The molecule has 25 heavy (non-hydrogen) atoms. The first-order chi connectivity index (χ1) is 12.3. The van der Waals surface area contributed by atoms with Gasteiger partial charge in [0.15, 0.2) is 0 Å². The normalized spacial score (nSPS) is 11.3. The molecule has 3 rings (SSSR count). The van der Waals surface area contributed by atoms with Crippen molar-refractivity contribution >= 4 is 17.1 Å². The van der Waals surface area contributed by atoms with Gasteiger partial charge in [0.25, 0.3) is 0 Å². The molecule has 1 N–H and O–H groups in total. The van der Waals surface area contributed by atoms with E-state index < -0.39 is 0 Å². The molecule has 3 heteroatoms. The van der Waals surface area contributed by atoms with E-state index in [2.05, 4.69) is 60.7 Å². The molecule has 3 aromatic carbocycles. The number of aliphatic hydroxyl groups is 1. The van der Waals surface area contributed by atoms with Crippen LogP contribution in [0.5, 0.6) is 5.75 Å². The average Bonchev–Trinajstić information content (AvgIpc) is 2.71. The van der Waals surface area contributed by atoms with E-state index in [0.717, 1.165) is 18.0 Å². The van der Waals surface area contributed by atoms with Gasteiger partial charge in [-0.3, -0.25) is 0 Å². The molecule has 0 spiro atoms. The van der Waals surface area contributed by atoms with E-state index in [1.165, 1.54) is 11.4 Å². The fraction of sp³-hybridized carbons (Fsp3) is 0.182. The molecule has 128 valence electrons. The molecule has 0 aromatic heterocycles. The van der Waals surface area contributed by atoms with Gasteiger partial charge in [0.2, 0.25) is 0 Å². The Kier molecular flexibility index (Phi) is 5.49. The topological polar surface area (TPSA) is 29.5 Å². The largest absolute Gasteiger partial charge is 0.497 e. The van der Waals surface area contributed by atoms with Crippen molar-refractivity contribution in [2.24, 2.45) is 0 Å². The molecule has 0 bridgehead atoms. The monoisotopic (exact) mass is 334 g/mol. The first-order valence-corrected chi connectivity index (χ1v) is 8.56. The van der Waals surface area contributed by atoms with Crippen LogP contribution in [0, 0.1) is 0 Å². The van der Waals surface area contributed by atoms with Crippen LogP contribution >= 0.6 is 0 Å². The van der Waals surface area contributed by atoms with Crippen LogP contribution in [0.3, 0.4) is 0 Å². The predicted octanol–water partition coefficient (Wildman–Crippen LogP) is 5.05. The second-order valence-corrected chi connectivity index (χ2v) is 5.98. The van der Waals surface area contributed by atoms with Gasteiger partial charge in [0.1, 0.15) is 22.8 Å². The van der Waals surface area contributed by atoms with Crippen molar-refractivity contribution in [1.29, 1.82) is 0 Å². The summed E-state index contributed by atoms with van der Waals surface area (Å²) in [7, 11) is 1.68. The number of quaternary nitrogens is 1. The molecule has 0 aliphatic rings. The number of hydrogen-bond acceptors (Lipinski definition) is 2. The van der Waals surface area contributed by atoms with E-state index >= 15 is 0 Å². The molecule has 0 saturated carbocycles. The summed E-state index contributed by atoms with van der Waals surface area (Å²) in [6.45, 7) is 0.937. The van der Waals surface area contributed by atoms with Crippen molar-refractivity contribution < 1.29 is 9.84 Å². The molecule has 0 aliphatic heterocycles. The summed E-state index contributed by atoms with van der Waals surface area (Å²) in [5, 5.41) is 9.52. The Hall–Kier alpha value is -2.62. The van der Waals surface area contributed by atoms with Crippen LogP contribution in [-0.4, -0.2) is 25.4 Å². The third-order valence-electron chi connectivity index (χ3n) is 4.56. The number of rotatable bonds is 7. The zero-order chi connectivity index (χ0) is 17.5. The molecule has 0 radical (unpaired) electrons. The number of methoxy groups -OCH3 is 1. The molecular weight excluding hydrogens is 310 g/mol. The van der Waals surface area contributed by atoms with Crippen LogP contribution in [0.15, 0.2) is 84.9 Å². The molecule has 0 saturated heterocycles. The molecular formula is C22H24NO2+. The third-order valence-corrected chi connectivity index (χ3v) is 4.56. The van der Waals surface area contributed by atoms with Gasteiger partial charge in [0.05, 0.1) is 13.7 Å². The van der Waals surface area contributed by atoms with Gasteiger partial charge in [-0.1, -0.05) is 36.4 Å². The summed E-state index contributed by atoms with van der Waals surface area (Å²) in [6.07, 6.45) is 0.704. The Labute approximate surface area is 149 Å². The number of aliphatic hydroxyl groups excluding tert-OH is 1. The highest BCUT2D eigenvalue weighted by Crippen LogP contribution is 2.44. The first-order valence-electron chi connectivity index (χ1n) is 8.56. The molecule has 0 heterocycles. The lowest BCUT2D eigenvalue weighted by molar-refractivity contribution is 0.276. The van der Waals surface area contributed by atoms with E-state index in [4.69, 9.17) is 4.74 Å². The fourth-order valence-corrected chi connectivity index (χ4v) is 3.34. The van der Waals surface area contributed by atoms with Crippen LogP contribution in [0.25, 0.3) is 0 Å². The van der Waals surface area contributed by atoms with Crippen LogP contribution < -0.4 is 9.22 Å². The van der Waals surface area contributed by atoms with Crippen LogP contribution in [0.1, 0.15) is 6.42 Å². The Bertz CT molecular complexity index is 731. The molecule has 3 aromatic rings. The van der Waals surface area contributed by atoms with Crippen molar-refractivity contribution in [3.8, 4) is 5.75 Å². The number of ether oxygens (including phenoxy) is 1. The predicted molar refractivity (Wildman–Crippen MR) is 104 cm³/mol. The minimum Gasteiger partial charge on any atom is -0.497 e. The Morgan fingerprint density at radius 3 is 1.64 bits per heavy atom. The lowest BCUT2D eigenvalue weighted by Crippen LogP contribution is -2.40. The summed E-state index contributed by atoms with van der Waals surface area (Å²) >= 11 is 0. The maximum Gasteiger partial charge on any atom is 0.143 e. The summed E-state index contributed by atoms with van der Waals surface area (Å²) in [4.78, 5) is 0. The number of hydrogen-bond donors (Lipinski definition) is 1. The Morgan fingerprint density at radius 2 is 1.20 bits per heavy atom. The Balaban J connectivity index is 2.23. The van der Waals surface area contributed by atoms with Gasteiger partial charge in [-0.15, -0.1) is 0 Å². The van der Waals surface area contributed by atoms with Crippen LogP contribution in [0.2, 0.25) is 0 Å². The summed E-state index contributed by atoms with van der Waals surface area (Å²) in [5.74, 6) is 0.838. The minimum atomic E-state index is 0.163. The maximum absolute atomic E-state index is 9.52. The van der Waals surface area contributed by atoms with Crippen molar-refractivity contribution in [2.75, 3.05) is 20.3 Å². The van der Waals surface area contributed by atoms with E-state index in [9.17, 15) is 5.11 Å². The number of para-hydroxylation sites is 2. The molecule has 0 atom stereocenters. The van der Waals surface area contributed by atoms with E-state index in [1.54, 1.807) is 7.11 Å². The molecule has 3 nitrogen and oxygen atoms in total. The number of nitrogens with zero attached hydrogens (tertiary/aromatic N) is 1. The smallest absolute Gasteiger partial charge is 0.143 e. The van der Waals surface area contributed by atoms with E-state index in [-0.39, 0.29) is 6.61 Å². The second-order valence-electron chi connectivity index (χ2n) is 5.98. The zero-order valence-corrected chi connectivity index (χ0v) is 14.5. The lowest BCUT2D eigenvalue weighted by Gasteiger charge is -2.37. The lowest BCUT2D eigenvalue weighted by atomic mass is 10.1. The van der Waals surface area contributed by atoms with Gasteiger partial charge < -0.3 is 9.84 Å². The van der Waals surface area contributed by atoms with Crippen molar-refractivity contribution in [2.45, 2.75) is 6.42 Å². The van der Waals surface area contributed by atoms with Crippen molar-refractivity contribution in [1.82, 2.24) is 4.48 Å². The first kappa shape index (κ1) is 17.2. The standard InChI is InChI=1S/C22H24NO2/c1-25-22-15-13-21(14-16-22)23(17-8-18-24,19-9-4-2-5-10-19)20-11-6-3-7-12-20/h2-7,9-16,24H,8,17-18H2,1H3/q+1. The molecule has 0 amide bonds. The average molecular weight is 334 g/mol. The summed E-state index contributed by atoms with van der Waals surface area (Å²) < 4.78 is 5.89. The highest BCUT2D eigenvalue weighted by atomic mass is 16.5. The van der Waals surface area contributed by atoms with Gasteiger partial charge in [0, 0.05) is 25.2 Å². The molecule has 0 unspecified atom stereocenters. The quantitative estimate of drug-likeness (QED) is 0.613. The third kappa shape index (κ3) is 3.43. The van der Waals surface area contributed by atoms with E-state index in [1.807, 2.05) is 24.3 Å². The van der Waals surface area contributed by atoms with Gasteiger partial charge >= 0.3 is 0 Å². The maximum atomic E-state index is 9.52. The molecule has 0 aliphatic carbocycles. The molecule has 0 fully saturated rings. The van der Waals surface area contributed by atoms with Gasteiger partial charge in [-0.2, -0.15) is 0 Å². The van der Waals surface area contributed by atoms with Gasteiger partial charge in [-0.05, 0) is 36.4 Å². The fourth-order valence-electron chi connectivity index (χ4n) is 3.34. The number of benzene rings is 3. The van der Waals surface area contributed by atoms with Crippen LogP contribution in [-0.2, 0) is 0 Å². The Morgan fingerprint density at radius 1 is 0.720 bits per heavy atom. The summed E-state index contributed by atoms with van der Waals surface area (Å²) in [6, 6.07) is 29.1. The van der Waals surface area contributed by atoms with Crippen LogP contribution in [0.4, 0.5) is 17.1 Å². The van der Waals surface area contributed by atoms with E-state index in [0.29, 0.717) is 10.9 Å². The second kappa shape index (κ2) is 7.97. The van der Waals surface area contributed by atoms with Gasteiger partial charge in [-0.25, -0.2) is 4.48 Å². The van der Waals surface area contributed by atoms with Crippen molar-refractivity contribution in [3.63, 3.8) is 0 Å². The highest BCUT2D eigenvalue weighted by Gasteiger charge is 2.35. The summed E-state index contributed by atoms with van der Waals surface area (Å²) in [5.41, 5.74) is 3.49. The SMILES string of the molecule is COc1ccc([N+](CCCO)(c2ccccc2)c2ccccc2)cc1. The zero-order valence-electron chi connectivity index (χ0n) is 14.5. The highest BCUT2D eigenvalue weighted by molar-refractivity contribution is 5.71. The van der Waals surface area contributed by atoms with Crippen molar-refractivity contribution in [3.05, 3.63) is 84.9 Å².